The van der Waals surface area contributed by atoms with Crippen molar-refractivity contribution in [3.05, 3.63) is 59.7 Å². The Balaban J connectivity index is 0.00000260. The maximum absolute atomic E-state index is 13.7. The lowest BCUT2D eigenvalue weighted by molar-refractivity contribution is -0.192. The highest BCUT2D eigenvalue weighted by Crippen LogP contribution is 2.15. The van der Waals surface area contributed by atoms with Crippen molar-refractivity contribution in [2.24, 2.45) is 34.0 Å². The number of nitrogens with zero attached hydrogens (tertiary/aromatic N) is 1. The second kappa shape index (κ2) is 26.6. The minimum Gasteiger partial charge on any atom is -0.508 e. The lowest BCUT2D eigenvalue weighted by atomic mass is 10.0. The predicted octanol–water partition coefficient (Wildman–Crippen LogP) is 0.129. The molecule has 0 aliphatic rings. The average molecular weight is 898 g/mol. The van der Waals surface area contributed by atoms with Gasteiger partial charge in [-0.05, 0) is 72.9 Å². The van der Waals surface area contributed by atoms with Crippen LogP contribution >= 0.6 is 0 Å². The van der Waals surface area contributed by atoms with Gasteiger partial charge in [-0.25, -0.2) is 9.59 Å². The molecule has 0 aromatic heterocycles. The van der Waals surface area contributed by atoms with Crippen LogP contribution in [0.4, 0.5) is 13.2 Å². The van der Waals surface area contributed by atoms with Crippen molar-refractivity contribution < 1.29 is 67.2 Å². The van der Waals surface area contributed by atoms with Gasteiger partial charge in [0.25, 0.3) is 0 Å². The first-order valence-corrected chi connectivity index (χ1v) is 19.7. The van der Waals surface area contributed by atoms with E-state index < -0.39 is 84.4 Å². The summed E-state index contributed by atoms with van der Waals surface area (Å²) in [7, 11) is 0. The average Bonchev–Trinajstić information content (AvgIpc) is 3.18. The second-order valence-electron chi connectivity index (χ2n) is 15.2. The van der Waals surface area contributed by atoms with Gasteiger partial charge in [-0.1, -0.05) is 52.0 Å². The number of alkyl halides is 3. The van der Waals surface area contributed by atoms with Gasteiger partial charge in [0.2, 0.25) is 29.5 Å². The Morgan fingerprint density at radius 3 is 1.48 bits per heavy atom. The molecule has 20 nitrogen and oxygen atoms in total. The third-order valence-corrected chi connectivity index (χ3v) is 8.67. The maximum atomic E-state index is 13.7. The predicted molar refractivity (Wildman–Crippen MR) is 222 cm³/mol. The molecular weight excluding hydrogens is 839 g/mol. The second-order valence-corrected chi connectivity index (χ2v) is 15.2. The van der Waals surface area contributed by atoms with E-state index in [0.717, 1.165) is 0 Å². The molecule has 0 unspecified atom stereocenters. The summed E-state index contributed by atoms with van der Waals surface area (Å²) in [5.41, 5.74) is 17.9. The maximum Gasteiger partial charge on any atom is 0.490 e. The molecule has 0 radical (unpaired) electrons. The van der Waals surface area contributed by atoms with E-state index in [0.29, 0.717) is 17.5 Å². The number of phenolic OH excluding ortho intramolecular Hbond substituents is 2. The highest BCUT2D eigenvalue weighted by atomic mass is 19.4. The molecule has 2 rings (SSSR count). The fourth-order valence-electron chi connectivity index (χ4n) is 5.56. The molecule has 0 aliphatic heterocycles. The quantitative estimate of drug-likeness (QED) is 0.0401. The third-order valence-electron chi connectivity index (χ3n) is 8.67. The van der Waals surface area contributed by atoms with Gasteiger partial charge in [0.15, 0.2) is 5.96 Å². The van der Waals surface area contributed by atoms with Crippen molar-refractivity contribution in [3.8, 4) is 11.5 Å². The van der Waals surface area contributed by atoms with Gasteiger partial charge in [-0.2, -0.15) is 13.2 Å². The van der Waals surface area contributed by atoms with Crippen molar-refractivity contribution in [3.63, 3.8) is 0 Å². The highest BCUT2D eigenvalue weighted by Gasteiger charge is 2.38. The first-order chi connectivity index (χ1) is 29.3. The number of guanidine groups is 1. The first kappa shape index (κ1) is 54.4. The first-order valence-electron chi connectivity index (χ1n) is 19.7. The van der Waals surface area contributed by atoms with Crippen LogP contribution in [-0.2, 0) is 46.4 Å². The van der Waals surface area contributed by atoms with Crippen LogP contribution in [0.5, 0.6) is 11.5 Å². The number of aliphatic imine (C=N–C) groups is 1. The zero-order valence-electron chi connectivity index (χ0n) is 35.3. The van der Waals surface area contributed by atoms with E-state index in [1.807, 2.05) is 13.8 Å². The molecule has 0 fully saturated rings. The van der Waals surface area contributed by atoms with Gasteiger partial charge in [0, 0.05) is 19.4 Å². The number of carboxylic acid groups (broad SMARTS) is 2. The number of nitrogens with two attached hydrogens (primary N) is 3. The third kappa shape index (κ3) is 22.7. The van der Waals surface area contributed by atoms with E-state index in [1.165, 1.54) is 24.3 Å². The summed E-state index contributed by atoms with van der Waals surface area (Å²) >= 11 is 0. The molecule has 0 spiro atoms. The molecule has 5 amide bonds. The summed E-state index contributed by atoms with van der Waals surface area (Å²) in [4.78, 5) is 91.4. The number of nitrogens with one attached hydrogen (secondary N) is 5. The number of rotatable bonds is 23. The Morgan fingerprint density at radius 2 is 1.06 bits per heavy atom. The van der Waals surface area contributed by atoms with Crippen LogP contribution in [0, 0.1) is 11.8 Å². The smallest absolute Gasteiger partial charge is 0.490 e. The standard InChI is InChI=1S/C38H57N9O9.C2HF3O2/c1-21(2)16-28(46-36(54)30(19-24-9-13-26(49)14-10-24)45-33(51)27(39)6-5-15-42-38(40)41)34(52)43-20-32(50)44-29(18-23-7-11-25(48)12-8-23)35(53)47-31(37(55)56)17-22(3)4;3-2(4,5)1(6)7/h7-14,21-22,27-31,48-49H,5-6,15-20,39H2,1-4H3,(H,43,52)(H,44,50)(H,45,51)(H,46,54)(H,47,53)(H,55,56)(H4,40,41,42);(H,6,7)/t27-,28-,29-,30-,31-;/m0./s1. The molecule has 0 heterocycles. The monoisotopic (exact) mass is 897 g/mol. The molecule has 15 N–H and O–H groups in total. The van der Waals surface area contributed by atoms with Gasteiger partial charge < -0.3 is 64.2 Å². The van der Waals surface area contributed by atoms with E-state index in [2.05, 4.69) is 31.6 Å². The number of carbonyl (C=O) groups excluding carboxylic acids is 5. The van der Waals surface area contributed by atoms with Crippen LogP contribution in [-0.4, -0.2) is 117 Å². The van der Waals surface area contributed by atoms with Gasteiger partial charge in [-0.3, -0.25) is 29.0 Å². The molecule has 0 saturated heterocycles. The molecular formula is C40H58F3N9O11. The number of carboxylic acids is 2. The number of phenols is 2. The van der Waals surface area contributed by atoms with Crippen molar-refractivity contribution in [2.75, 3.05) is 13.1 Å². The number of aromatic hydroxyl groups is 2. The number of hydrogen-bond donors (Lipinski definition) is 12. The number of carbonyl (C=O) groups is 7. The van der Waals surface area contributed by atoms with Gasteiger partial charge >= 0.3 is 18.1 Å². The number of benzene rings is 2. The Hall–Kier alpha value is -6.65. The van der Waals surface area contributed by atoms with Crippen molar-refractivity contribution >= 4 is 47.4 Å². The number of hydrogen-bond acceptors (Lipinski definition) is 11. The number of halogens is 3. The molecule has 5 atom stereocenters. The summed E-state index contributed by atoms with van der Waals surface area (Å²) in [6, 6.07) is 6.12. The van der Waals surface area contributed by atoms with Crippen molar-refractivity contribution in [2.45, 2.75) is 103 Å². The summed E-state index contributed by atoms with van der Waals surface area (Å²) in [5, 5.41) is 49.1. The molecule has 0 saturated carbocycles. The number of aliphatic carboxylic acids is 2. The van der Waals surface area contributed by atoms with E-state index >= 15 is 0 Å². The summed E-state index contributed by atoms with van der Waals surface area (Å²) in [6.45, 7) is 6.91. The lowest BCUT2D eigenvalue weighted by Gasteiger charge is -2.25. The van der Waals surface area contributed by atoms with Gasteiger partial charge in [-0.15, -0.1) is 0 Å². The lowest BCUT2D eigenvalue weighted by Crippen LogP contribution is -2.57. The molecule has 2 aromatic carbocycles. The summed E-state index contributed by atoms with van der Waals surface area (Å²) in [5.74, 6) is -7.83. The van der Waals surface area contributed by atoms with E-state index in [9.17, 15) is 57.3 Å². The zero-order chi connectivity index (χ0) is 48.0. The zero-order valence-corrected chi connectivity index (χ0v) is 35.3. The molecule has 0 bridgehead atoms. The van der Waals surface area contributed by atoms with E-state index in [1.54, 1.807) is 38.1 Å². The largest absolute Gasteiger partial charge is 0.508 e. The molecule has 63 heavy (non-hydrogen) atoms. The summed E-state index contributed by atoms with van der Waals surface area (Å²) in [6.07, 6.45) is -4.24. The molecule has 0 aliphatic carbocycles. The molecule has 23 heteroatoms. The Labute approximate surface area is 361 Å². The number of amides is 5. The SMILES string of the molecule is CC(C)C[C@H](NC(=O)[C@H](Cc1ccc(O)cc1)NC(=O)CNC(=O)[C@H](CC(C)C)NC(=O)[C@H](Cc1ccc(O)cc1)NC(=O)[C@@H](N)CCCN=C(N)N)C(=O)O.O=C(O)C(F)(F)F. The van der Waals surface area contributed by atoms with Crippen LogP contribution in [0.3, 0.4) is 0 Å². The van der Waals surface area contributed by atoms with Crippen LogP contribution in [0.15, 0.2) is 53.5 Å². The van der Waals surface area contributed by atoms with Crippen LogP contribution in [0.25, 0.3) is 0 Å². The van der Waals surface area contributed by atoms with Gasteiger partial charge in [0.05, 0.1) is 12.6 Å². The van der Waals surface area contributed by atoms with Crippen molar-refractivity contribution in [1.29, 1.82) is 0 Å². The Bertz CT molecular complexity index is 1860. The Morgan fingerprint density at radius 1 is 0.651 bits per heavy atom. The van der Waals surface area contributed by atoms with Crippen molar-refractivity contribution in [1.82, 2.24) is 26.6 Å². The molecule has 350 valence electrons. The van der Waals surface area contributed by atoms with Crippen LogP contribution in [0.2, 0.25) is 0 Å². The van der Waals surface area contributed by atoms with Crippen LogP contribution in [0.1, 0.15) is 64.5 Å². The topological polar surface area (TPSA) is 351 Å². The van der Waals surface area contributed by atoms with E-state index in [4.69, 9.17) is 27.1 Å². The van der Waals surface area contributed by atoms with Crippen LogP contribution < -0.4 is 43.8 Å². The fraction of sp³-hybridized carbons (Fsp3) is 0.500. The van der Waals surface area contributed by atoms with E-state index in [-0.39, 0.29) is 67.9 Å². The normalized spacial score (nSPS) is 13.4. The minimum absolute atomic E-state index is 0.00201. The molecule has 2 aromatic rings. The van der Waals surface area contributed by atoms with Gasteiger partial charge in [0.1, 0.15) is 35.7 Å². The fourth-order valence-corrected chi connectivity index (χ4v) is 5.56. The minimum atomic E-state index is -5.08. The summed E-state index contributed by atoms with van der Waals surface area (Å²) < 4.78 is 31.7. The Kier molecular flexibility index (Phi) is 23.0. The highest BCUT2D eigenvalue weighted by molar-refractivity contribution is 5.95.